The molecule has 4 heteroatoms. The van der Waals surface area contributed by atoms with Crippen molar-refractivity contribution in [2.45, 2.75) is 38.5 Å². The number of carbonyl (C=O) groups excluding carboxylic acids is 1. The van der Waals surface area contributed by atoms with Gasteiger partial charge in [-0.15, -0.1) is 11.8 Å². The van der Waals surface area contributed by atoms with Gasteiger partial charge in [0.25, 0.3) is 0 Å². The van der Waals surface area contributed by atoms with E-state index in [0.29, 0.717) is 12.0 Å². The fraction of sp³-hybridized carbons (Fsp3) is 0.909. The molecule has 2 atom stereocenters. The molecule has 1 aliphatic heterocycles. The second-order valence-electron chi connectivity index (χ2n) is 4.32. The molecule has 0 radical (unpaired) electrons. The summed E-state index contributed by atoms with van der Waals surface area (Å²) in [6.45, 7) is 8.27. The average molecular weight is 230 g/mol. The first-order valence-corrected chi connectivity index (χ1v) is 6.82. The molecule has 1 aliphatic rings. The van der Waals surface area contributed by atoms with Crippen molar-refractivity contribution >= 4 is 17.7 Å². The Morgan fingerprint density at radius 2 is 2.33 bits per heavy atom. The quantitative estimate of drug-likeness (QED) is 0.747. The topological polar surface area (TPSA) is 41.1 Å². The lowest BCUT2D eigenvalue weighted by molar-refractivity contribution is -0.121. The third kappa shape index (κ3) is 4.03. The van der Waals surface area contributed by atoms with Gasteiger partial charge >= 0.3 is 0 Å². The van der Waals surface area contributed by atoms with Gasteiger partial charge in [0.1, 0.15) is 0 Å². The minimum absolute atomic E-state index is 0.107. The first kappa shape index (κ1) is 12.8. The summed E-state index contributed by atoms with van der Waals surface area (Å²) < 4.78 is 0. The molecule has 1 saturated heterocycles. The number of nitrogens with one attached hydrogen (secondary N) is 2. The molecule has 0 saturated carbocycles. The zero-order chi connectivity index (χ0) is 11.3. The maximum absolute atomic E-state index is 12.0. The maximum atomic E-state index is 12.0. The van der Waals surface area contributed by atoms with Crippen molar-refractivity contribution in [2.75, 3.05) is 18.8 Å². The molecule has 0 bridgehead atoms. The zero-order valence-electron chi connectivity index (χ0n) is 9.88. The lowest BCUT2D eigenvalue weighted by Crippen LogP contribution is -2.43. The minimum Gasteiger partial charge on any atom is -0.351 e. The molecule has 0 aliphatic carbocycles. The fourth-order valence-electron chi connectivity index (χ4n) is 1.81. The van der Waals surface area contributed by atoms with Crippen LogP contribution >= 0.6 is 11.8 Å². The van der Waals surface area contributed by atoms with Gasteiger partial charge in [0, 0.05) is 12.6 Å². The SMILES string of the molecule is CCSC(C(=O)NC1CCNC1)C(C)C. The van der Waals surface area contributed by atoms with Crippen LogP contribution in [-0.2, 0) is 4.79 Å². The Morgan fingerprint density at radius 3 is 2.80 bits per heavy atom. The first-order valence-electron chi connectivity index (χ1n) is 5.77. The van der Waals surface area contributed by atoms with Crippen molar-refractivity contribution in [1.82, 2.24) is 10.6 Å². The number of rotatable bonds is 5. The van der Waals surface area contributed by atoms with Gasteiger partial charge in [-0.05, 0) is 24.6 Å². The summed E-state index contributed by atoms with van der Waals surface area (Å²) in [5.41, 5.74) is 0. The molecule has 0 aromatic carbocycles. The van der Waals surface area contributed by atoms with Crippen LogP contribution in [0.2, 0.25) is 0 Å². The molecule has 2 N–H and O–H groups in total. The molecule has 3 nitrogen and oxygen atoms in total. The molecule has 15 heavy (non-hydrogen) atoms. The number of amides is 1. The Kier molecular flexibility index (Phi) is 5.47. The smallest absolute Gasteiger partial charge is 0.233 e. The van der Waals surface area contributed by atoms with E-state index in [1.807, 2.05) is 0 Å². The van der Waals surface area contributed by atoms with Crippen LogP contribution < -0.4 is 10.6 Å². The Bertz CT molecular complexity index is 203. The Hall–Kier alpha value is -0.220. The van der Waals surface area contributed by atoms with Crippen molar-refractivity contribution in [3.05, 3.63) is 0 Å². The molecular weight excluding hydrogens is 208 g/mol. The third-order valence-electron chi connectivity index (χ3n) is 2.62. The van der Waals surface area contributed by atoms with Crippen molar-refractivity contribution in [3.8, 4) is 0 Å². The van der Waals surface area contributed by atoms with Gasteiger partial charge in [0.15, 0.2) is 0 Å². The highest BCUT2D eigenvalue weighted by Crippen LogP contribution is 2.19. The second-order valence-corrected chi connectivity index (χ2v) is 5.74. The molecule has 2 unspecified atom stereocenters. The van der Waals surface area contributed by atoms with Crippen molar-refractivity contribution < 1.29 is 4.79 Å². The monoisotopic (exact) mass is 230 g/mol. The summed E-state index contributed by atoms with van der Waals surface area (Å²) in [6, 6.07) is 0.344. The van der Waals surface area contributed by atoms with Crippen LogP contribution in [0.15, 0.2) is 0 Å². The lowest BCUT2D eigenvalue weighted by atomic mass is 10.1. The number of hydrogen-bond acceptors (Lipinski definition) is 3. The number of carbonyl (C=O) groups is 1. The predicted octanol–water partition coefficient (Wildman–Crippen LogP) is 1.24. The van der Waals surface area contributed by atoms with E-state index in [2.05, 4.69) is 31.4 Å². The van der Waals surface area contributed by atoms with Crippen LogP contribution in [0.1, 0.15) is 27.2 Å². The van der Waals surface area contributed by atoms with Gasteiger partial charge in [-0.2, -0.15) is 0 Å². The first-order chi connectivity index (χ1) is 7.15. The van der Waals surface area contributed by atoms with E-state index in [1.54, 1.807) is 11.8 Å². The van der Waals surface area contributed by atoms with Crippen LogP contribution in [0.25, 0.3) is 0 Å². The largest absolute Gasteiger partial charge is 0.351 e. The molecule has 0 aromatic heterocycles. The molecule has 1 heterocycles. The van der Waals surface area contributed by atoms with Crippen molar-refractivity contribution in [1.29, 1.82) is 0 Å². The summed E-state index contributed by atoms with van der Waals surface area (Å²) >= 11 is 1.74. The van der Waals surface area contributed by atoms with Gasteiger partial charge in [-0.3, -0.25) is 4.79 Å². The van der Waals surface area contributed by atoms with E-state index in [1.165, 1.54) is 0 Å². The van der Waals surface area contributed by atoms with Gasteiger partial charge in [0.05, 0.1) is 5.25 Å². The van der Waals surface area contributed by atoms with E-state index >= 15 is 0 Å². The van der Waals surface area contributed by atoms with E-state index < -0.39 is 0 Å². The summed E-state index contributed by atoms with van der Waals surface area (Å²) in [4.78, 5) is 12.0. The summed E-state index contributed by atoms with van der Waals surface area (Å²) in [5.74, 6) is 1.62. The number of hydrogen-bond donors (Lipinski definition) is 2. The predicted molar refractivity (Wildman–Crippen MR) is 66.2 cm³/mol. The van der Waals surface area contributed by atoms with Crippen LogP contribution in [0.5, 0.6) is 0 Å². The van der Waals surface area contributed by atoms with Gasteiger partial charge in [-0.25, -0.2) is 0 Å². The highest BCUT2D eigenvalue weighted by Gasteiger charge is 2.25. The molecule has 1 amide bonds. The van der Waals surface area contributed by atoms with Crippen LogP contribution in [-0.4, -0.2) is 36.0 Å². The zero-order valence-corrected chi connectivity index (χ0v) is 10.7. The fourth-order valence-corrected chi connectivity index (χ4v) is 2.78. The van der Waals surface area contributed by atoms with Gasteiger partial charge < -0.3 is 10.6 Å². The van der Waals surface area contributed by atoms with E-state index in [4.69, 9.17) is 0 Å². The molecular formula is C11H22N2OS. The van der Waals surface area contributed by atoms with E-state index in [0.717, 1.165) is 25.3 Å². The van der Waals surface area contributed by atoms with Crippen LogP contribution in [0.3, 0.4) is 0 Å². The van der Waals surface area contributed by atoms with Crippen LogP contribution in [0.4, 0.5) is 0 Å². The molecule has 1 fully saturated rings. The Balaban J connectivity index is 2.40. The third-order valence-corrected chi connectivity index (χ3v) is 4.07. The Morgan fingerprint density at radius 1 is 1.60 bits per heavy atom. The van der Waals surface area contributed by atoms with Crippen molar-refractivity contribution in [3.63, 3.8) is 0 Å². The maximum Gasteiger partial charge on any atom is 0.233 e. The summed E-state index contributed by atoms with van der Waals surface area (Å²) in [6.07, 6.45) is 1.06. The summed E-state index contributed by atoms with van der Waals surface area (Å²) in [5, 5.41) is 6.49. The second kappa shape index (κ2) is 6.38. The standard InChI is InChI=1S/C11H22N2OS/c1-4-15-10(8(2)3)11(14)13-9-5-6-12-7-9/h8-10,12H,4-7H2,1-3H3,(H,13,14). The summed E-state index contributed by atoms with van der Waals surface area (Å²) in [7, 11) is 0. The van der Waals surface area contributed by atoms with Gasteiger partial charge in [0.2, 0.25) is 5.91 Å². The Labute approximate surface area is 96.8 Å². The van der Waals surface area contributed by atoms with E-state index in [9.17, 15) is 4.79 Å². The molecule has 1 rings (SSSR count). The number of thioether (sulfide) groups is 1. The highest BCUT2D eigenvalue weighted by atomic mass is 32.2. The molecule has 0 aromatic rings. The van der Waals surface area contributed by atoms with Crippen LogP contribution in [0, 0.1) is 5.92 Å². The lowest BCUT2D eigenvalue weighted by Gasteiger charge is -2.21. The highest BCUT2D eigenvalue weighted by molar-refractivity contribution is 8.00. The van der Waals surface area contributed by atoms with E-state index in [-0.39, 0.29) is 11.2 Å². The normalized spacial score (nSPS) is 23.1. The molecule has 0 spiro atoms. The average Bonchev–Trinajstić information content (AvgIpc) is 2.65. The minimum atomic E-state index is 0.107. The van der Waals surface area contributed by atoms with Crippen molar-refractivity contribution in [2.24, 2.45) is 5.92 Å². The molecule has 88 valence electrons. The van der Waals surface area contributed by atoms with Gasteiger partial charge in [-0.1, -0.05) is 20.8 Å².